The molecule has 0 unspecified atom stereocenters. The van der Waals surface area contributed by atoms with Crippen molar-refractivity contribution in [2.24, 2.45) is 0 Å². The Bertz CT molecular complexity index is 98.7. The third-order valence-corrected chi connectivity index (χ3v) is 1.96. The molecule has 0 rings (SSSR count). The molecular formula is C11H23NO. The largest absolute Gasteiger partial charge is 0.231 e. The minimum atomic E-state index is 0.750. The predicted molar refractivity (Wildman–Crippen MR) is 56.7 cm³/mol. The second-order valence-electron chi connectivity index (χ2n) is 3.22. The first kappa shape index (κ1) is 14.9. The fourth-order valence-electron chi connectivity index (χ4n) is 1.21. The van der Waals surface area contributed by atoms with Crippen LogP contribution >= 0.6 is 0 Å². The summed E-state index contributed by atoms with van der Waals surface area (Å²) in [4.78, 5) is 8.35. The molecule has 13 heavy (non-hydrogen) atoms. The number of isocyanates is 1. The van der Waals surface area contributed by atoms with Gasteiger partial charge in [-0.05, 0) is 0 Å². The Labute approximate surface area is 82.2 Å². The fourth-order valence-corrected chi connectivity index (χ4v) is 1.21. The highest BCUT2D eigenvalue weighted by Crippen LogP contribution is 2.07. The lowest BCUT2D eigenvalue weighted by molar-refractivity contribution is 0.563. The van der Waals surface area contributed by atoms with Gasteiger partial charge in [0.15, 0.2) is 0 Å². The van der Waals surface area contributed by atoms with Crippen LogP contribution in [0.15, 0.2) is 0 Å². The normalized spacial score (nSPS) is 8.46. The van der Waals surface area contributed by atoms with Crippen LogP contribution in [0, 0.1) is 5.41 Å². The van der Waals surface area contributed by atoms with Crippen molar-refractivity contribution in [2.45, 2.75) is 65.2 Å². The highest BCUT2D eigenvalue weighted by Gasteiger charge is 1.87. The average Bonchev–Trinajstić information content (AvgIpc) is 2.13. The summed E-state index contributed by atoms with van der Waals surface area (Å²) < 4.78 is 0. The minimum Gasteiger partial charge on any atom is -0.222 e. The van der Waals surface area contributed by atoms with Crippen LogP contribution in [0.5, 0.6) is 0 Å². The van der Waals surface area contributed by atoms with E-state index in [2.05, 4.69) is 13.8 Å². The predicted octanol–water partition coefficient (Wildman–Crippen LogP) is 4.05. The van der Waals surface area contributed by atoms with Crippen LogP contribution in [-0.2, 0) is 4.79 Å². The Hall–Kier alpha value is -0.620. The molecule has 0 atom stereocenters. The molecule has 0 aromatic rings. The summed E-state index contributed by atoms with van der Waals surface area (Å²) in [6, 6.07) is 0. The van der Waals surface area contributed by atoms with E-state index in [0.29, 0.717) is 0 Å². The summed E-state index contributed by atoms with van der Waals surface area (Å²) in [5.41, 5.74) is 0. The van der Waals surface area contributed by atoms with Crippen LogP contribution in [0.1, 0.15) is 65.2 Å². The summed E-state index contributed by atoms with van der Waals surface area (Å²) >= 11 is 0. The van der Waals surface area contributed by atoms with Crippen molar-refractivity contribution in [3.8, 4) is 0 Å². The molecule has 0 amide bonds. The molecule has 0 spiro atoms. The van der Waals surface area contributed by atoms with E-state index in [1.165, 1.54) is 51.4 Å². The van der Waals surface area contributed by atoms with E-state index in [4.69, 9.17) is 10.2 Å². The number of rotatable bonds is 7. The molecule has 2 heteroatoms. The lowest BCUT2D eigenvalue weighted by Crippen LogP contribution is -1.77. The first-order valence-electron chi connectivity index (χ1n) is 5.37. The average molecular weight is 185 g/mol. The Morgan fingerprint density at radius 3 is 1.31 bits per heavy atom. The Morgan fingerprint density at radius 2 is 1.08 bits per heavy atom. The van der Waals surface area contributed by atoms with Crippen molar-refractivity contribution in [3.63, 3.8) is 0 Å². The Morgan fingerprint density at radius 1 is 0.846 bits per heavy atom. The van der Waals surface area contributed by atoms with Gasteiger partial charge in [0.1, 0.15) is 0 Å². The van der Waals surface area contributed by atoms with Crippen LogP contribution in [-0.4, -0.2) is 6.08 Å². The lowest BCUT2D eigenvalue weighted by Gasteiger charge is -1.97. The summed E-state index contributed by atoms with van der Waals surface area (Å²) in [5.74, 6) is 0. The van der Waals surface area contributed by atoms with E-state index in [1.807, 2.05) is 0 Å². The SMILES string of the molecule is CCCCCCCCCC.N=C=O. The Kier molecular flexibility index (Phi) is 20.0. The second-order valence-corrected chi connectivity index (χ2v) is 3.22. The molecule has 0 saturated heterocycles. The number of carbonyl (C=O) groups excluding carboxylic acids is 1. The van der Waals surface area contributed by atoms with Gasteiger partial charge in [0.25, 0.3) is 0 Å². The van der Waals surface area contributed by atoms with Gasteiger partial charge in [0.2, 0.25) is 6.08 Å². The Balaban J connectivity index is 0. The zero-order chi connectivity index (χ0) is 10.4. The van der Waals surface area contributed by atoms with Crippen molar-refractivity contribution in [2.75, 3.05) is 0 Å². The van der Waals surface area contributed by atoms with Crippen molar-refractivity contribution < 1.29 is 4.79 Å². The van der Waals surface area contributed by atoms with Gasteiger partial charge in [0.05, 0.1) is 0 Å². The molecule has 0 radical (unpaired) electrons. The molecule has 0 bridgehead atoms. The smallest absolute Gasteiger partial charge is 0.222 e. The second kappa shape index (κ2) is 17.5. The van der Waals surface area contributed by atoms with Crippen molar-refractivity contribution >= 4 is 6.08 Å². The van der Waals surface area contributed by atoms with Gasteiger partial charge < -0.3 is 0 Å². The summed E-state index contributed by atoms with van der Waals surface area (Å²) in [5, 5.41) is 5.40. The quantitative estimate of drug-likeness (QED) is 0.363. The van der Waals surface area contributed by atoms with Crippen LogP contribution in [0.2, 0.25) is 0 Å². The standard InChI is InChI=1S/C10H22.CHNO/c1-3-5-7-9-10-8-6-4-2;2-1-3/h3-10H2,1-2H3;2H. The molecular weight excluding hydrogens is 162 g/mol. The third-order valence-electron chi connectivity index (χ3n) is 1.96. The maximum absolute atomic E-state index is 8.35. The molecule has 0 heterocycles. The fraction of sp³-hybridized carbons (Fsp3) is 0.909. The zero-order valence-corrected chi connectivity index (χ0v) is 9.07. The van der Waals surface area contributed by atoms with E-state index >= 15 is 0 Å². The van der Waals surface area contributed by atoms with Crippen molar-refractivity contribution in [1.29, 1.82) is 5.41 Å². The molecule has 0 aromatic carbocycles. The molecule has 0 aliphatic rings. The number of hydrogen-bond donors (Lipinski definition) is 1. The number of unbranched alkanes of at least 4 members (excludes halogenated alkanes) is 7. The van der Waals surface area contributed by atoms with E-state index in [9.17, 15) is 0 Å². The number of nitrogens with one attached hydrogen (secondary N) is 1. The first-order valence-corrected chi connectivity index (χ1v) is 5.37. The van der Waals surface area contributed by atoms with Gasteiger partial charge in [-0.3, -0.25) is 0 Å². The highest BCUT2D eigenvalue weighted by atomic mass is 16.1. The van der Waals surface area contributed by atoms with Crippen molar-refractivity contribution in [1.82, 2.24) is 0 Å². The molecule has 0 saturated carbocycles. The molecule has 78 valence electrons. The maximum Gasteiger partial charge on any atom is 0.231 e. The van der Waals surface area contributed by atoms with E-state index in [-0.39, 0.29) is 0 Å². The first-order chi connectivity index (χ1) is 6.33. The molecule has 0 aromatic heterocycles. The van der Waals surface area contributed by atoms with Gasteiger partial charge in [-0.1, -0.05) is 65.2 Å². The molecule has 1 N–H and O–H groups in total. The summed E-state index contributed by atoms with van der Waals surface area (Å²) in [7, 11) is 0. The van der Waals surface area contributed by atoms with Gasteiger partial charge in [0, 0.05) is 0 Å². The lowest BCUT2D eigenvalue weighted by atomic mass is 10.1. The van der Waals surface area contributed by atoms with E-state index in [0.717, 1.165) is 6.08 Å². The maximum atomic E-state index is 8.35. The van der Waals surface area contributed by atoms with Gasteiger partial charge in [-0.15, -0.1) is 0 Å². The molecule has 0 aliphatic heterocycles. The third kappa shape index (κ3) is 24.6. The van der Waals surface area contributed by atoms with Crippen LogP contribution < -0.4 is 0 Å². The topological polar surface area (TPSA) is 40.9 Å². The molecule has 0 fully saturated rings. The van der Waals surface area contributed by atoms with Gasteiger partial charge >= 0.3 is 0 Å². The van der Waals surface area contributed by atoms with Gasteiger partial charge in [-0.25, -0.2) is 10.2 Å². The van der Waals surface area contributed by atoms with Crippen molar-refractivity contribution in [3.05, 3.63) is 0 Å². The zero-order valence-electron chi connectivity index (χ0n) is 9.07. The summed E-state index contributed by atoms with van der Waals surface area (Å²) in [6.45, 7) is 4.54. The highest BCUT2D eigenvalue weighted by molar-refractivity contribution is 5.26. The van der Waals surface area contributed by atoms with Crippen LogP contribution in [0.25, 0.3) is 0 Å². The van der Waals surface area contributed by atoms with E-state index < -0.39 is 0 Å². The summed E-state index contributed by atoms with van der Waals surface area (Å²) in [6.07, 6.45) is 12.2. The number of hydrogen-bond acceptors (Lipinski definition) is 2. The molecule has 0 aliphatic carbocycles. The molecule has 2 nitrogen and oxygen atoms in total. The minimum absolute atomic E-state index is 0.750. The monoisotopic (exact) mass is 185 g/mol. The van der Waals surface area contributed by atoms with Crippen LogP contribution in [0.3, 0.4) is 0 Å². The van der Waals surface area contributed by atoms with Gasteiger partial charge in [-0.2, -0.15) is 0 Å². The van der Waals surface area contributed by atoms with E-state index in [1.54, 1.807) is 0 Å². The van der Waals surface area contributed by atoms with Crippen LogP contribution in [0.4, 0.5) is 0 Å².